The second-order valence-electron chi connectivity index (χ2n) is 11.8. The van der Waals surface area contributed by atoms with Crippen LogP contribution in [0.4, 0.5) is 0 Å². The number of hydrogen-bond donors (Lipinski definition) is 0. The van der Waals surface area contributed by atoms with Gasteiger partial charge in [-0.3, -0.25) is 24.0 Å². The minimum Gasteiger partial charge on any atom is -0.479 e. The topological polar surface area (TPSA) is 129 Å². The molecule has 11 nitrogen and oxygen atoms in total. The van der Waals surface area contributed by atoms with Crippen LogP contribution in [0.2, 0.25) is 0 Å². The first-order valence-corrected chi connectivity index (χ1v) is 14.9. The average molecular weight is 599 g/mol. The monoisotopic (exact) mass is 598 g/mol. The summed E-state index contributed by atoms with van der Waals surface area (Å²) in [5, 5.41) is -0.750. The number of hydrogen-bond acceptors (Lipinski definition) is 11. The summed E-state index contributed by atoms with van der Waals surface area (Å²) in [5.74, 6) is -3.64. The Kier molecular flexibility index (Phi) is 8.48. The molecule has 4 aliphatic heterocycles. The quantitative estimate of drug-likeness (QED) is 0.200. The number of amides is 2. The highest BCUT2D eigenvalue weighted by molar-refractivity contribution is 8.23. The SMILES string of the molecule is CCOC(=S)S[C@H]1CC(C(=O)OC)(C(=O)OC)C(=O)N2C[C@H]3CCC(=O)N4CCC[C@](C(=O)OC(C)(C)C)([C@H]34)[C@H]12. The summed E-state index contributed by atoms with van der Waals surface area (Å²) in [7, 11) is 2.22. The van der Waals surface area contributed by atoms with E-state index in [-0.39, 0.29) is 42.2 Å². The van der Waals surface area contributed by atoms with E-state index in [1.54, 1.807) is 32.6 Å². The van der Waals surface area contributed by atoms with Gasteiger partial charge in [0.15, 0.2) is 0 Å². The number of nitrogens with zero attached hydrogens (tertiary/aromatic N) is 2. The molecule has 40 heavy (non-hydrogen) atoms. The second kappa shape index (κ2) is 11.1. The van der Waals surface area contributed by atoms with Crippen molar-refractivity contribution in [3.05, 3.63) is 0 Å². The number of methoxy groups -OCH3 is 2. The molecule has 222 valence electrons. The van der Waals surface area contributed by atoms with Crippen LogP contribution in [0.15, 0.2) is 0 Å². The van der Waals surface area contributed by atoms with Gasteiger partial charge in [0.05, 0.1) is 32.9 Å². The fourth-order valence-electron chi connectivity index (χ4n) is 7.19. The van der Waals surface area contributed by atoms with Crippen molar-refractivity contribution in [3.8, 4) is 0 Å². The predicted molar refractivity (Wildman–Crippen MR) is 148 cm³/mol. The maximum atomic E-state index is 14.4. The minimum absolute atomic E-state index is 0.0306. The first-order valence-electron chi connectivity index (χ1n) is 13.6. The van der Waals surface area contributed by atoms with Gasteiger partial charge in [0.25, 0.3) is 5.91 Å². The molecule has 0 aliphatic carbocycles. The number of thioether (sulfide) groups is 1. The van der Waals surface area contributed by atoms with E-state index in [4.69, 9.17) is 31.2 Å². The lowest BCUT2D eigenvalue weighted by Crippen LogP contribution is -2.80. The molecule has 4 heterocycles. The van der Waals surface area contributed by atoms with Crippen molar-refractivity contribution < 1.29 is 42.9 Å². The van der Waals surface area contributed by atoms with Crippen molar-refractivity contribution in [1.29, 1.82) is 0 Å². The van der Waals surface area contributed by atoms with Gasteiger partial charge in [-0.1, -0.05) is 11.8 Å². The molecule has 0 aromatic rings. The molecule has 0 N–H and O–H groups in total. The van der Waals surface area contributed by atoms with E-state index in [1.165, 1.54) is 4.90 Å². The first-order chi connectivity index (χ1) is 18.8. The molecule has 2 amide bonds. The molecule has 13 heteroatoms. The van der Waals surface area contributed by atoms with Gasteiger partial charge >= 0.3 is 17.9 Å². The normalized spacial score (nSPS) is 30.9. The number of fused-ring (bicyclic) bond motifs is 2. The van der Waals surface area contributed by atoms with Crippen LogP contribution < -0.4 is 0 Å². The molecule has 0 saturated carbocycles. The highest BCUT2D eigenvalue weighted by Crippen LogP contribution is 2.58. The number of thiocarbonyl (C=S) groups is 1. The molecule has 4 aliphatic rings. The van der Waals surface area contributed by atoms with E-state index in [0.29, 0.717) is 25.8 Å². The van der Waals surface area contributed by atoms with Gasteiger partial charge < -0.3 is 28.7 Å². The van der Waals surface area contributed by atoms with E-state index < -0.39 is 57.6 Å². The zero-order chi connectivity index (χ0) is 29.6. The molecule has 0 aromatic heterocycles. The summed E-state index contributed by atoms with van der Waals surface area (Å²) in [4.78, 5) is 71.8. The molecule has 0 aromatic carbocycles. The van der Waals surface area contributed by atoms with Crippen LogP contribution in [0.3, 0.4) is 0 Å². The molecular formula is C27H38N2O9S2. The van der Waals surface area contributed by atoms with Crippen LogP contribution in [-0.4, -0.2) is 101 Å². The third kappa shape index (κ3) is 4.76. The van der Waals surface area contributed by atoms with E-state index in [0.717, 1.165) is 26.0 Å². The highest BCUT2D eigenvalue weighted by atomic mass is 32.2. The van der Waals surface area contributed by atoms with Crippen molar-refractivity contribution in [3.63, 3.8) is 0 Å². The van der Waals surface area contributed by atoms with Gasteiger partial charge in [-0.05, 0) is 71.5 Å². The number of rotatable bonds is 5. The van der Waals surface area contributed by atoms with Gasteiger partial charge in [0, 0.05) is 24.8 Å². The lowest BCUT2D eigenvalue weighted by Gasteiger charge is -2.65. The molecule has 0 bridgehead atoms. The van der Waals surface area contributed by atoms with Gasteiger partial charge in [-0.25, -0.2) is 0 Å². The van der Waals surface area contributed by atoms with Crippen LogP contribution >= 0.6 is 24.0 Å². The van der Waals surface area contributed by atoms with Gasteiger partial charge in [-0.2, -0.15) is 0 Å². The van der Waals surface area contributed by atoms with Crippen molar-refractivity contribution in [2.45, 2.75) is 82.7 Å². The molecular weight excluding hydrogens is 560 g/mol. The first kappa shape index (κ1) is 30.5. The summed E-state index contributed by atoms with van der Waals surface area (Å²) >= 11 is 6.58. The predicted octanol–water partition coefficient (Wildman–Crippen LogP) is 2.09. The lowest BCUT2D eigenvalue weighted by molar-refractivity contribution is -0.210. The summed E-state index contributed by atoms with van der Waals surface area (Å²) in [5.41, 5.74) is -4.42. The number of carbonyl (C=O) groups excluding carboxylic acids is 5. The maximum absolute atomic E-state index is 14.4. The Morgan fingerprint density at radius 1 is 1.05 bits per heavy atom. The number of ether oxygens (including phenoxy) is 4. The van der Waals surface area contributed by atoms with Crippen molar-refractivity contribution in [2.75, 3.05) is 33.9 Å². The molecule has 0 spiro atoms. The Balaban J connectivity index is 1.96. The number of carbonyl (C=O) groups is 5. The third-order valence-electron chi connectivity index (χ3n) is 8.49. The number of esters is 3. The highest BCUT2D eigenvalue weighted by Gasteiger charge is 2.73. The Labute approximate surface area is 243 Å². The maximum Gasteiger partial charge on any atom is 0.333 e. The van der Waals surface area contributed by atoms with E-state index in [1.807, 2.05) is 0 Å². The summed E-state index contributed by atoms with van der Waals surface area (Å²) in [6.45, 7) is 8.04. The molecule has 0 radical (unpaired) electrons. The number of piperidine rings is 4. The average Bonchev–Trinajstić information content (AvgIpc) is 2.90. The van der Waals surface area contributed by atoms with E-state index in [9.17, 15) is 24.0 Å². The standard InChI is InChI=1S/C27H38N2O9S2/c1-7-37-24(39)40-16-13-27(21(32)35-5,22(33)36-6)20(31)29-14-15-9-10-17(30)28-12-8-11-26(18(15)28,19(16)29)23(34)38-25(2,3)4/h15-16,18-19H,7-14H2,1-6H3/t15-,16+,18+,19+,26+/m1/s1. The van der Waals surface area contributed by atoms with Crippen LogP contribution in [0, 0.1) is 16.7 Å². The fourth-order valence-corrected chi connectivity index (χ4v) is 8.96. The second-order valence-corrected chi connectivity index (χ2v) is 13.7. The van der Waals surface area contributed by atoms with Crippen LogP contribution in [0.25, 0.3) is 0 Å². The van der Waals surface area contributed by atoms with Gasteiger partial charge in [0.1, 0.15) is 11.0 Å². The van der Waals surface area contributed by atoms with Crippen molar-refractivity contribution >= 4 is 58.1 Å². The lowest BCUT2D eigenvalue weighted by atomic mass is 9.55. The summed E-state index contributed by atoms with van der Waals surface area (Å²) < 4.78 is 21.8. The molecule has 4 fully saturated rings. The van der Waals surface area contributed by atoms with Crippen LogP contribution in [0.5, 0.6) is 0 Å². The van der Waals surface area contributed by atoms with Crippen molar-refractivity contribution in [2.24, 2.45) is 16.7 Å². The third-order valence-corrected chi connectivity index (χ3v) is 9.93. The van der Waals surface area contributed by atoms with E-state index in [2.05, 4.69) is 0 Å². The zero-order valence-corrected chi connectivity index (χ0v) is 25.5. The van der Waals surface area contributed by atoms with Gasteiger partial charge in [0.2, 0.25) is 15.7 Å². The van der Waals surface area contributed by atoms with Crippen molar-refractivity contribution in [1.82, 2.24) is 9.80 Å². The smallest absolute Gasteiger partial charge is 0.333 e. The molecule has 4 rings (SSSR count). The Morgan fingerprint density at radius 3 is 2.27 bits per heavy atom. The fraction of sp³-hybridized carbons (Fsp3) is 0.778. The minimum atomic E-state index is -2.28. The van der Waals surface area contributed by atoms with E-state index >= 15 is 0 Å². The van der Waals surface area contributed by atoms with Gasteiger partial charge in [-0.15, -0.1) is 0 Å². The molecule has 0 unspecified atom stereocenters. The molecule has 4 saturated heterocycles. The van der Waals surface area contributed by atoms with Crippen LogP contribution in [0.1, 0.15) is 59.8 Å². The Morgan fingerprint density at radius 2 is 1.70 bits per heavy atom. The Hall–Kier alpha value is -2.41. The molecule has 5 atom stereocenters. The zero-order valence-electron chi connectivity index (χ0n) is 23.9. The Bertz CT molecular complexity index is 1090. The summed E-state index contributed by atoms with van der Waals surface area (Å²) in [6.07, 6.45) is 1.31. The summed E-state index contributed by atoms with van der Waals surface area (Å²) in [6, 6.07) is -1.34. The van der Waals surface area contributed by atoms with Crippen LogP contribution in [-0.2, 0) is 42.9 Å². The largest absolute Gasteiger partial charge is 0.479 e.